The quantitative estimate of drug-likeness (QED) is 0.859. The molecule has 2 fully saturated rings. The van der Waals surface area contributed by atoms with Gasteiger partial charge in [0.1, 0.15) is 0 Å². The summed E-state index contributed by atoms with van der Waals surface area (Å²) in [7, 11) is 0. The van der Waals surface area contributed by atoms with Gasteiger partial charge in [-0.1, -0.05) is 44.2 Å². The molecule has 0 aromatic heterocycles. The number of benzene rings is 1. The second-order valence-corrected chi connectivity index (χ2v) is 7.01. The standard InChI is InChI=1S/C19H30N2/c1-3-18-13-20-19(17-9-10-17)14-21(18)12-11-15(2)16-7-5-4-6-8-16/h4-8,15,17-20H,3,9-14H2,1-2H3. The van der Waals surface area contributed by atoms with Gasteiger partial charge in [-0.15, -0.1) is 0 Å². The van der Waals surface area contributed by atoms with Crippen molar-refractivity contribution in [2.45, 2.75) is 57.5 Å². The summed E-state index contributed by atoms with van der Waals surface area (Å²) < 4.78 is 0. The van der Waals surface area contributed by atoms with Gasteiger partial charge in [0.25, 0.3) is 0 Å². The molecule has 2 aliphatic rings. The molecule has 3 rings (SSSR count). The van der Waals surface area contributed by atoms with E-state index in [0.29, 0.717) is 5.92 Å². The van der Waals surface area contributed by atoms with Crippen molar-refractivity contribution in [1.29, 1.82) is 0 Å². The van der Waals surface area contributed by atoms with Crippen LogP contribution in [-0.2, 0) is 0 Å². The fraction of sp³-hybridized carbons (Fsp3) is 0.684. The molecule has 1 aliphatic carbocycles. The average Bonchev–Trinajstić information content (AvgIpc) is 3.38. The summed E-state index contributed by atoms with van der Waals surface area (Å²) in [5.41, 5.74) is 1.49. The van der Waals surface area contributed by atoms with Gasteiger partial charge in [-0.3, -0.25) is 4.90 Å². The number of hydrogen-bond acceptors (Lipinski definition) is 2. The highest BCUT2D eigenvalue weighted by atomic mass is 15.2. The van der Waals surface area contributed by atoms with Gasteiger partial charge in [0.05, 0.1) is 0 Å². The van der Waals surface area contributed by atoms with Crippen LogP contribution < -0.4 is 5.32 Å². The second-order valence-electron chi connectivity index (χ2n) is 7.01. The maximum atomic E-state index is 3.79. The van der Waals surface area contributed by atoms with Crippen LogP contribution >= 0.6 is 0 Å². The zero-order chi connectivity index (χ0) is 14.7. The first-order chi connectivity index (χ1) is 10.3. The fourth-order valence-electron chi connectivity index (χ4n) is 3.68. The third kappa shape index (κ3) is 3.87. The highest BCUT2D eigenvalue weighted by Crippen LogP contribution is 2.34. The number of piperazine rings is 1. The maximum absolute atomic E-state index is 3.79. The summed E-state index contributed by atoms with van der Waals surface area (Å²) in [5.74, 6) is 1.63. The number of hydrogen-bond donors (Lipinski definition) is 1. The topological polar surface area (TPSA) is 15.3 Å². The molecule has 2 heteroatoms. The molecule has 0 spiro atoms. The van der Waals surface area contributed by atoms with E-state index in [1.807, 2.05) is 0 Å². The van der Waals surface area contributed by atoms with Crippen molar-refractivity contribution in [2.24, 2.45) is 5.92 Å². The number of rotatable bonds is 6. The third-order valence-corrected chi connectivity index (χ3v) is 5.44. The molecular formula is C19H30N2. The van der Waals surface area contributed by atoms with Crippen LogP contribution in [0.4, 0.5) is 0 Å². The van der Waals surface area contributed by atoms with Crippen LogP contribution in [0.1, 0.15) is 51.0 Å². The van der Waals surface area contributed by atoms with Gasteiger partial charge in [0.2, 0.25) is 0 Å². The molecule has 1 saturated carbocycles. The summed E-state index contributed by atoms with van der Waals surface area (Å²) in [6.07, 6.45) is 5.44. The fourth-order valence-corrected chi connectivity index (χ4v) is 3.68. The van der Waals surface area contributed by atoms with E-state index < -0.39 is 0 Å². The molecule has 1 aromatic rings. The summed E-state index contributed by atoms with van der Waals surface area (Å²) in [6, 6.07) is 12.5. The van der Waals surface area contributed by atoms with E-state index >= 15 is 0 Å². The molecule has 1 aromatic carbocycles. The van der Waals surface area contributed by atoms with Crippen molar-refractivity contribution < 1.29 is 0 Å². The van der Waals surface area contributed by atoms with Crippen molar-refractivity contribution in [3.05, 3.63) is 35.9 Å². The molecule has 1 aliphatic heterocycles. The SMILES string of the molecule is CCC1CNC(C2CC2)CN1CCC(C)c1ccccc1. The maximum Gasteiger partial charge on any atom is 0.0224 e. The minimum Gasteiger partial charge on any atom is -0.311 e. The Morgan fingerprint density at radius 1 is 1.24 bits per heavy atom. The van der Waals surface area contributed by atoms with Gasteiger partial charge in [0, 0.05) is 25.2 Å². The number of nitrogens with one attached hydrogen (secondary N) is 1. The lowest BCUT2D eigenvalue weighted by molar-refractivity contribution is 0.116. The third-order valence-electron chi connectivity index (χ3n) is 5.44. The van der Waals surface area contributed by atoms with Gasteiger partial charge in [0.15, 0.2) is 0 Å². The molecule has 1 N–H and O–H groups in total. The minimum atomic E-state index is 0.665. The van der Waals surface area contributed by atoms with Crippen molar-refractivity contribution >= 4 is 0 Å². The summed E-state index contributed by atoms with van der Waals surface area (Å²) in [4.78, 5) is 2.76. The summed E-state index contributed by atoms with van der Waals surface area (Å²) in [5, 5.41) is 3.79. The van der Waals surface area contributed by atoms with Crippen molar-refractivity contribution in [3.8, 4) is 0 Å². The average molecular weight is 286 g/mol. The molecule has 3 unspecified atom stereocenters. The van der Waals surface area contributed by atoms with Crippen molar-refractivity contribution in [2.75, 3.05) is 19.6 Å². The van der Waals surface area contributed by atoms with E-state index in [1.54, 1.807) is 0 Å². The zero-order valence-electron chi connectivity index (χ0n) is 13.6. The molecule has 1 saturated heterocycles. The van der Waals surface area contributed by atoms with Crippen molar-refractivity contribution in [3.63, 3.8) is 0 Å². The lowest BCUT2D eigenvalue weighted by Crippen LogP contribution is -2.57. The molecule has 116 valence electrons. The van der Waals surface area contributed by atoms with Crippen LogP contribution in [0.3, 0.4) is 0 Å². The molecule has 3 atom stereocenters. The Morgan fingerprint density at radius 3 is 2.67 bits per heavy atom. The lowest BCUT2D eigenvalue weighted by Gasteiger charge is -2.41. The van der Waals surface area contributed by atoms with Crippen LogP contribution in [0.25, 0.3) is 0 Å². The number of nitrogens with zero attached hydrogens (tertiary/aromatic N) is 1. The van der Waals surface area contributed by atoms with Gasteiger partial charge in [-0.25, -0.2) is 0 Å². The Hall–Kier alpha value is -0.860. The smallest absolute Gasteiger partial charge is 0.0224 e. The lowest BCUT2D eigenvalue weighted by atomic mass is 9.96. The minimum absolute atomic E-state index is 0.665. The van der Waals surface area contributed by atoms with Crippen LogP contribution in [0.15, 0.2) is 30.3 Å². The Balaban J connectivity index is 1.54. The largest absolute Gasteiger partial charge is 0.311 e. The highest BCUT2D eigenvalue weighted by molar-refractivity contribution is 5.18. The first kappa shape index (κ1) is 15.1. The molecule has 0 bridgehead atoms. The molecule has 21 heavy (non-hydrogen) atoms. The Kier molecular flexibility index (Phi) is 4.97. The predicted octanol–water partition coefficient (Wildman–Crippen LogP) is 3.64. The van der Waals surface area contributed by atoms with E-state index in [9.17, 15) is 0 Å². The van der Waals surface area contributed by atoms with Gasteiger partial charge >= 0.3 is 0 Å². The van der Waals surface area contributed by atoms with Crippen molar-refractivity contribution in [1.82, 2.24) is 10.2 Å². The Labute approximate surface area is 129 Å². The van der Waals surface area contributed by atoms with Crippen LogP contribution in [0, 0.1) is 5.92 Å². The first-order valence-corrected chi connectivity index (χ1v) is 8.80. The summed E-state index contributed by atoms with van der Waals surface area (Å²) >= 11 is 0. The molecule has 2 nitrogen and oxygen atoms in total. The second kappa shape index (κ2) is 6.93. The van der Waals surface area contributed by atoms with E-state index in [4.69, 9.17) is 0 Å². The van der Waals surface area contributed by atoms with E-state index in [2.05, 4.69) is 54.4 Å². The van der Waals surface area contributed by atoms with Gasteiger partial charge < -0.3 is 5.32 Å². The summed E-state index contributed by atoms with van der Waals surface area (Å²) in [6.45, 7) is 8.41. The highest BCUT2D eigenvalue weighted by Gasteiger charge is 2.36. The first-order valence-electron chi connectivity index (χ1n) is 8.80. The van der Waals surface area contributed by atoms with E-state index in [0.717, 1.165) is 18.0 Å². The van der Waals surface area contributed by atoms with Gasteiger partial charge in [-0.2, -0.15) is 0 Å². The van der Waals surface area contributed by atoms with Crippen LogP contribution in [-0.4, -0.2) is 36.6 Å². The molecular weight excluding hydrogens is 256 g/mol. The van der Waals surface area contributed by atoms with E-state index in [1.165, 1.54) is 50.9 Å². The molecule has 0 amide bonds. The van der Waals surface area contributed by atoms with E-state index in [-0.39, 0.29) is 0 Å². The molecule has 0 radical (unpaired) electrons. The normalized spacial score (nSPS) is 28.5. The monoisotopic (exact) mass is 286 g/mol. The molecule has 1 heterocycles. The Bertz CT molecular complexity index is 426. The van der Waals surface area contributed by atoms with Gasteiger partial charge in [-0.05, 0) is 49.6 Å². The van der Waals surface area contributed by atoms with Crippen LogP contribution in [0.5, 0.6) is 0 Å². The van der Waals surface area contributed by atoms with Crippen LogP contribution in [0.2, 0.25) is 0 Å². The predicted molar refractivity (Wildman–Crippen MR) is 89.6 cm³/mol. The zero-order valence-corrected chi connectivity index (χ0v) is 13.6. The Morgan fingerprint density at radius 2 is 2.00 bits per heavy atom.